The number of aliphatic imine (C=N–C) groups is 1. The number of guanidine groups is 1. The van der Waals surface area contributed by atoms with E-state index in [1.165, 1.54) is 6.42 Å². The molecule has 1 aliphatic heterocycles. The molecule has 2 rings (SSSR count). The Kier molecular flexibility index (Phi) is 10.0. The van der Waals surface area contributed by atoms with Gasteiger partial charge in [0.1, 0.15) is 12.4 Å². The first-order chi connectivity index (χ1) is 12.3. The van der Waals surface area contributed by atoms with Crippen molar-refractivity contribution in [3.8, 4) is 0 Å². The molecule has 2 heterocycles. The molecule has 0 radical (unpaired) electrons. The summed E-state index contributed by atoms with van der Waals surface area (Å²) in [5.41, 5.74) is 0.206. The number of halogens is 1. The Morgan fingerprint density at radius 2 is 2.15 bits per heavy atom. The normalized spacial score (nSPS) is 17.4. The minimum absolute atomic E-state index is 0. The molecule has 1 atom stereocenters. The van der Waals surface area contributed by atoms with Gasteiger partial charge in [-0.25, -0.2) is 9.67 Å². The molecule has 8 heteroatoms. The number of aromatic nitrogens is 3. The van der Waals surface area contributed by atoms with Crippen LogP contribution in [0.5, 0.6) is 0 Å². The Labute approximate surface area is 181 Å². The molecule has 1 aromatic rings. The molecular formula is C19H37IN6O. The first-order valence-electron chi connectivity index (χ1n) is 9.79. The van der Waals surface area contributed by atoms with Crippen LogP contribution < -0.4 is 10.6 Å². The number of rotatable bonds is 8. The molecule has 1 unspecified atom stereocenters. The number of hydrogen-bond acceptors (Lipinski definition) is 4. The molecule has 0 amide bonds. The van der Waals surface area contributed by atoms with Crippen molar-refractivity contribution in [3.63, 3.8) is 0 Å². The number of aryl methyl sites for hydroxylation is 1. The molecule has 0 saturated carbocycles. The van der Waals surface area contributed by atoms with Crippen LogP contribution in [-0.4, -0.2) is 47.0 Å². The maximum atomic E-state index is 5.14. The third kappa shape index (κ3) is 7.93. The van der Waals surface area contributed by atoms with Crippen molar-refractivity contribution in [2.45, 2.75) is 73.1 Å². The van der Waals surface area contributed by atoms with Crippen molar-refractivity contribution in [2.75, 3.05) is 20.2 Å². The molecule has 0 spiro atoms. The van der Waals surface area contributed by atoms with Gasteiger partial charge < -0.3 is 15.4 Å². The maximum absolute atomic E-state index is 5.14. The first kappa shape index (κ1) is 24.1. The molecule has 27 heavy (non-hydrogen) atoms. The predicted octanol–water partition coefficient (Wildman–Crippen LogP) is 2.98. The fraction of sp³-hybridized carbons (Fsp3) is 0.842. The summed E-state index contributed by atoms with van der Waals surface area (Å²) in [6.07, 6.45) is 3.13. The summed E-state index contributed by atoms with van der Waals surface area (Å²) in [6, 6.07) is 0.311. The lowest BCUT2D eigenvalue weighted by Gasteiger charge is -2.27. The lowest BCUT2D eigenvalue weighted by molar-refractivity contribution is 0.177. The Morgan fingerprint density at radius 1 is 1.41 bits per heavy atom. The molecule has 0 aromatic carbocycles. The highest BCUT2D eigenvalue weighted by Crippen LogP contribution is 2.25. The largest absolute Gasteiger partial charge is 0.377 e. The summed E-state index contributed by atoms with van der Waals surface area (Å²) in [5, 5.41) is 11.5. The summed E-state index contributed by atoms with van der Waals surface area (Å²) >= 11 is 0. The second-order valence-electron chi connectivity index (χ2n) is 8.40. The second-order valence-corrected chi connectivity index (χ2v) is 8.40. The third-order valence-electron chi connectivity index (χ3n) is 4.49. The van der Waals surface area contributed by atoms with E-state index >= 15 is 0 Å². The molecule has 0 aliphatic carbocycles. The standard InChI is InChI=1S/C19H36N6O.HI/c1-7-20-18(21-13-19(4,5)10-14(2)3)22-15-8-9-17-23-16(12-26-6)24-25(17)11-15;/h14-15H,7-13H2,1-6H3,(H2,20,21,22);1H. The van der Waals surface area contributed by atoms with E-state index < -0.39 is 0 Å². The fourth-order valence-corrected chi connectivity index (χ4v) is 3.64. The van der Waals surface area contributed by atoms with Crippen LogP contribution in [0.4, 0.5) is 0 Å². The molecule has 7 nitrogen and oxygen atoms in total. The number of hydrogen-bond donors (Lipinski definition) is 2. The van der Waals surface area contributed by atoms with Crippen molar-refractivity contribution >= 4 is 29.9 Å². The lowest BCUT2D eigenvalue weighted by atomic mass is 9.84. The van der Waals surface area contributed by atoms with Gasteiger partial charge in [-0.3, -0.25) is 4.99 Å². The maximum Gasteiger partial charge on any atom is 0.191 e. The molecule has 2 N–H and O–H groups in total. The van der Waals surface area contributed by atoms with Crippen molar-refractivity contribution in [1.82, 2.24) is 25.4 Å². The Hall–Kier alpha value is -0.900. The monoisotopic (exact) mass is 492 g/mol. The summed E-state index contributed by atoms with van der Waals surface area (Å²) in [7, 11) is 1.67. The lowest BCUT2D eigenvalue weighted by Crippen LogP contribution is -2.47. The molecular weight excluding hydrogens is 455 g/mol. The van der Waals surface area contributed by atoms with Gasteiger partial charge in [0.05, 0.1) is 6.54 Å². The summed E-state index contributed by atoms with van der Waals surface area (Å²) in [4.78, 5) is 9.39. The van der Waals surface area contributed by atoms with Crippen molar-refractivity contribution in [1.29, 1.82) is 0 Å². The van der Waals surface area contributed by atoms with E-state index in [2.05, 4.69) is 55.3 Å². The van der Waals surface area contributed by atoms with Gasteiger partial charge in [-0.05, 0) is 31.1 Å². The SMILES string of the molecule is CCNC(=NCC(C)(C)CC(C)C)NC1CCc2nc(COC)nn2C1.I. The van der Waals surface area contributed by atoms with Gasteiger partial charge in [0, 0.05) is 32.7 Å². The van der Waals surface area contributed by atoms with E-state index in [1.54, 1.807) is 7.11 Å². The Morgan fingerprint density at radius 3 is 2.78 bits per heavy atom. The average Bonchev–Trinajstić information content (AvgIpc) is 2.94. The average molecular weight is 492 g/mol. The van der Waals surface area contributed by atoms with Gasteiger partial charge >= 0.3 is 0 Å². The van der Waals surface area contributed by atoms with Crippen molar-refractivity contribution in [2.24, 2.45) is 16.3 Å². The van der Waals surface area contributed by atoms with E-state index in [1.807, 2.05) is 4.68 Å². The van der Waals surface area contributed by atoms with Gasteiger partial charge in [0.2, 0.25) is 0 Å². The highest BCUT2D eigenvalue weighted by Gasteiger charge is 2.23. The number of nitrogens with one attached hydrogen (secondary N) is 2. The fourth-order valence-electron chi connectivity index (χ4n) is 3.64. The Bertz CT molecular complexity index is 599. The minimum Gasteiger partial charge on any atom is -0.377 e. The van der Waals surface area contributed by atoms with Gasteiger partial charge in [0.25, 0.3) is 0 Å². The van der Waals surface area contributed by atoms with Gasteiger partial charge in [0.15, 0.2) is 11.8 Å². The zero-order valence-electron chi connectivity index (χ0n) is 17.7. The van der Waals surface area contributed by atoms with Crippen molar-refractivity contribution < 1.29 is 4.74 Å². The van der Waals surface area contributed by atoms with E-state index in [0.29, 0.717) is 18.6 Å². The van der Waals surface area contributed by atoms with E-state index in [4.69, 9.17) is 9.73 Å². The van der Waals surface area contributed by atoms with Crippen LogP contribution in [0.25, 0.3) is 0 Å². The number of ether oxygens (including phenoxy) is 1. The summed E-state index contributed by atoms with van der Waals surface area (Å²) < 4.78 is 7.14. The molecule has 0 fully saturated rings. The van der Waals surface area contributed by atoms with Crippen LogP contribution in [0, 0.1) is 11.3 Å². The van der Waals surface area contributed by atoms with Crippen LogP contribution in [0.1, 0.15) is 59.1 Å². The topological polar surface area (TPSA) is 76.4 Å². The van der Waals surface area contributed by atoms with Crippen LogP contribution in [0.15, 0.2) is 4.99 Å². The van der Waals surface area contributed by atoms with Crippen LogP contribution in [-0.2, 0) is 24.3 Å². The smallest absolute Gasteiger partial charge is 0.191 e. The molecule has 1 aliphatic rings. The zero-order chi connectivity index (χ0) is 19.2. The molecule has 1 aromatic heterocycles. The quantitative estimate of drug-likeness (QED) is 0.332. The summed E-state index contributed by atoms with van der Waals surface area (Å²) in [5.74, 6) is 3.39. The summed E-state index contributed by atoms with van der Waals surface area (Å²) in [6.45, 7) is 14.2. The van der Waals surface area contributed by atoms with Gasteiger partial charge in [-0.2, -0.15) is 5.10 Å². The molecule has 156 valence electrons. The van der Waals surface area contributed by atoms with Crippen molar-refractivity contribution in [3.05, 3.63) is 11.6 Å². The second kappa shape index (κ2) is 11.2. The van der Waals surface area contributed by atoms with E-state index in [9.17, 15) is 0 Å². The highest BCUT2D eigenvalue weighted by atomic mass is 127. The van der Waals surface area contributed by atoms with Crippen LogP contribution in [0.2, 0.25) is 0 Å². The Balaban J connectivity index is 0.00000364. The molecule has 0 saturated heterocycles. The van der Waals surface area contributed by atoms with E-state index in [-0.39, 0.29) is 29.4 Å². The predicted molar refractivity (Wildman–Crippen MR) is 121 cm³/mol. The third-order valence-corrected chi connectivity index (χ3v) is 4.49. The van der Waals surface area contributed by atoms with Crippen LogP contribution >= 0.6 is 24.0 Å². The molecule has 0 bridgehead atoms. The zero-order valence-corrected chi connectivity index (χ0v) is 20.0. The van der Waals surface area contributed by atoms with Gasteiger partial charge in [-0.1, -0.05) is 27.7 Å². The number of nitrogens with zero attached hydrogens (tertiary/aromatic N) is 4. The number of methoxy groups -OCH3 is 1. The minimum atomic E-state index is 0. The first-order valence-corrected chi connectivity index (χ1v) is 9.79. The highest BCUT2D eigenvalue weighted by molar-refractivity contribution is 14.0. The number of fused-ring (bicyclic) bond motifs is 1. The van der Waals surface area contributed by atoms with Crippen LogP contribution in [0.3, 0.4) is 0 Å². The van der Waals surface area contributed by atoms with Gasteiger partial charge in [-0.15, -0.1) is 24.0 Å². The van der Waals surface area contributed by atoms with E-state index in [0.717, 1.165) is 50.1 Å².